The Morgan fingerprint density at radius 1 is 1.47 bits per heavy atom. The second-order valence-electron chi connectivity index (χ2n) is 4.14. The molecule has 4 nitrogen and oxygen atoms in total. The molecular formula is C12H17BrN4. The molecule has 0 bridgehead atoms. The van der Waals surface area contributed by atoms with Crippen LogP contribution in [0.1, 0.15) is 17.1 Å². The molecular weight excluding hydrogens is 280 g/mol. The lowest BCUT2D eigenvalue weighted by Gasteiger charge is -2.09. The zero-order valence-corrected chi connectivity index (χ0v) is 11.7. The Hall–Kier alpha value is -1.07. The topological polar surface area (TPSA) is 48.8 Å². The van der Waals surface area contributed by atoms with Crippen molar-refractivity contribution in [2.24, 2.45) is 12.8 Å². The van der Waals surface area contributed by atoms with Crippen molar-refractivity contribution in [1.82, 2.24) is 14.3 Å². The van der Waals surface area contributed by atoms with Crippen molar-refractivity contribution in [2.75, 3.05) is 6.54 Å². The van der Waals surface area contributed by atoms with Crippen molar-refractivity contribution in [3.05, 3.63) is 39.9 Å². The van der Waals surface area contributed by atoms with E-state index in [0.29, 0.717) is 6.54 Å². The highest BCUT2D eigenvalue weighted by atomic mass is 79.9. The molecule has 0 unspecified atom stereocenters. The van der Waals surface area contributed by atoms with Gasteiger partial charge < -0.3 is 10.3 Å². The molecule has 0 saturated carbocycles. The molecule has 2 aromatic rings. The van der Waals surface area contributed by atoms with E-state index in [0.717, 1.165) is 23.1 Å². The third kappa shape index (κ3) is 2.45. The van der Waals surface area contributed by atoms with Crippen LogP contribution >= 0.6 is 15.9 Å². The van der Waals surface area contributed by atoms with Gasteiger partial charge in [0.15, 0.2) is 0 Å². The van der Waals surface area contributed by atoms with Gasteiger partial charge in [0.05, 0.1) is 22.4 Å². The quantitative estimate of drug-likeness (QED) is 0.936. The molecule has 2 N–H and O–H groups in total. The lowest BCUT2D eigenvalue weighted by Crippen LogP contribution is -2.11. The number of nitrogens with zero attached hydrogens (tertiary/aromatic N) is 3. The Balaban J connectivity index is 2.28. The van der Waals surface area contributed by atoms with Crippen LogP contribution in [0.3, 0.4) is 0 Å². The summed E-state index contributed by atoms with van der Waals surface area (Å²) >= 11 is 3.59. The van der Waals surface area contributed by atoms with Crippen molar-refractivity contribution in [2.45, 2.75) is 19.9 Å². The average molecular weight is 297 g/mol. The van der Waals surface area contributed by atoms with Crippen molar-refractivity contribution in [3.63, 3.8) is 0 Å². The zero-order valence-electron chi connectivity index (χ0n) is 10.2. The molecule has 0 aliphatic rings. The summed E-state index contributed by atoms with van der Waals surface area (Å²) in [7, 11) is 1.97. The third-order valence-corrected chi connectivity index (χ3v) is 3.94. The van der Waals surface area contributed by atoms with Crippen LogP contribution in [0.2, 0.25) is 0 Å². The van der Waals surface area contributed by atoms with Gasteiger partial charge in [-0.1, -0.05) is 0 Å². The summed E-state index contributed by atoms with van der Waals surface area (Å²) in [5.74, 6) is 0. The molecule has 0 aliphatic carbocycles. The number of aromatic nitrogens is 3. The highest BCUT2D eigenvalue weighted by Crippen LogP contribution is 2.21. The van der Waals surface area contributed by atoms with Crippen LogP contribution in [0.15, 0.2) is 22.8 Å². The molecule has 5 heteroatoms. The molecule has 0 radical (unpaired) electrons. The van der Waals surface area contributed by atoms with E-state index >= 15 is 0 Å². The van der Waals surface area contributed by atoms with Gasteiger partial charge in [-0.15, -0.1) is 0 Å². The van der Waals surface area contributed by atoms with E-state index in [9.17, 15) is 0 Å². The Morgan fingerprint density at radius 3 is 2.82 bits per heavy atom. The lowest BCUT2D eigenvalue weighted by molar-refractivity contribution is 0.646. The van der Waals surface area contributed by atoms with Crippen LogP contribution in [-0.4, -0.2) is 20.9 Å². The van der Waals surface area contributed by atoms with E-state index in [4.69, 9.17) is 5.73 Å². The van der Waals surface area contributed by atoms with Gasteiger partial charge in [0.2, 0.25) is 0 Å². The molecule has 17 heavy (non-hydrogen) atoms. The highest BCUT2D eigenvalue weighted by molar-refractivity contribution is 9.10. The lowest BCUT2D eigenvalue weighted by atomic mass is 10.3. The van der Waals surface area contributed by atoms with Gasteiger partial charge >= 0.3 is 0 Å². The van der Waals surface area contributed by atoms with E-state index < -0.39 is 0 Å². The van der Waals surface area contributed by atoms with Crippen LogP contribution in [0.4, 0.5) is 0 Å². The molecule has 2 rings (SSSR count). The Morgan fingerprint density at radius 2 is 2.24 bits per heavy atom. The predicted octanol–water partition coefficient (Wildman–Crippen LogP) is 1.84. The van der Waals surface area contributed by atoms with Gasteiger partial charge in [-0.3, -0.25) is 4.68 Å². The van der Waals surface area contributed by atoms with Crippen LogP contribution in [0.5, 0.6) is 0 Å². The summed E-state index contributed by atoms with van der Waals surface area (Å²) in [5.41, 5.74) is 9.07. The molecule has 0 aliphatic heterocycles. The Bertz CT molecular complexity index is 513. The fourth-order valence-electron chi connectivity index (χ4n) is 1.99. The van der Waals surface area contributed by atoms with Gasteiger partial charge in [0, 0.05) is 18.9 Å². The first kappa shape index (κ1) is 12.4. The first-order valence-electron chi connectivity index (χ1n) is 5.65. The predicted molar refractivity (Wildman–Crippen MR) is 71.9 cm³/mol. The van der Waals surface area contributed by atoms with Crippen molar-refractivity contribution < 1.29 is 0 Å². The van der Waals surface area contributed by atoms with Crippen LogP contribution < -0.4 is 5.73 Å². The molecule has 0 fully saturated rings. The Labute approximate surface area is 110 Å². The second-order valence-corrected chi connectivity index (χ2v) is 4.93. The normalized spacial score (nSPS) is 11.1. The largest absolute Gasteiger partial charge is 0.345 e. The maximum atomic E-state index is 5.61. The summed E-state index contributed by atoms with van der Waals surface area (Å²) in [4.78, 5) is 0. The minimum atomic E-state index is 0.676. The van der Waals surface area contributed by atoms with Crippen LogP contribution in [0, 0.1) is 6.92 Å². The van der Waals surface area contributed by atoms with E-state index in [1.54, 1.807) is 0 Å². The third-order valence-electron chi connectivity index (χ3n) is 2.91. The van der Waals surface area contributed by atoms with Crippen molar-refractivity contribution in [1.29, 1.82) is 0 Å². The number of hydrogen-bond acceptors (Lipinski definition) is 2. The number of nitrogens with two attached hydrogens (primary N) is 1. The molecule has 0 aromatic carbocycles. The summed E-state index contributed by atoms with van der Waals surface area (Å²) < 4.78 is 5.23. The molecule has 0 atom stereocenters. The summed E-state index contributed by atoms with van der Waals surface area (Å²) in [5, 5.41) is 4.40. The fraction of sp³-hybridized carbons (Fsp3) is 0.417. The van der Waals surface area contributed by atoms with Gasteiger partial charge in [-0.05, 0) is 48.0 Å². The summed E-state index contributed by atoms with van der Waals surface area (Å²) in [6, 6.07) is 4.17. The molecule has 92 valence electrons. The maximum absolute atomic E-state index is 5.61. The monoisotopic (exact) mass is 296 g/mol. The van der Waals surface area contributed by atoms with E-state index in [-0.39, 0.29) is 0 Å². The van der Waals surface area contributed by atoms with Crippen LogP contribution in [-0.2, 0) is 20.0 Å². The van der Waals surface area contributed by atoms with Gasteiger partial charge in [0.25, 0.3) is 0 Å². The minimum Gasteiger partial charge on any atom is -0.345 e. The van der Waals surface area contributed by atoms with Gasteiger partial charge in [-0.2, -0.15) is 5.10 Å². The average Bonchev–Trinajstić information content (AvgIpc) is 2.81. The Kier molecular flexibility index (Phi) is 3.69. The van der Waals surface area contributed by atoms with Gasteiger partial charge in [-0.25, -0.2) is 0 Å². The molecule has 2 heterocycles. The summed E-state index contributed by atoms with van der Waals surface area (Å²) in [6.07, 6.45) is 2.99. The van der Waals surface area contributed by atoms with Crippen molar-refractivity contribution >= 4 is 15.9 Å². The standard InChI is InChI=1S/C12H17BrN4/c1-9-12(13)11(16(2)15-9)8-17-7-3-4-10(17)5-6-14/h3-4,7H,5-6,8,14H2,1-2H3. The number of rotatable bonds is 4. The number of aryl methyl sites for hydroxylation is 2. The molecule has 0 saturated heterocycles. The first-order valence-corrected chi connectivity index (χ1v) is 6.45. The molecule has 0 amide bonds. The summed E-state index contributed by atoms with van der Waals surface area (Å²) in [6.45, 7) is 3.50. The highest BCUT2D eigenvalue weighted by Gasteiger charge is 2.11. The van der Waals surface area contributed by atoms with E-state index in [1.807, 2.05) is 18.7 Å². The second kappa shape index (κ2) is 5.06. The van der Waals surface area contributed by atoms with E-state index in [1.165, 1.54) is 11.4 Å². The smallest absolute Gasteiger partial charge is 0.0739 e. The molecule has 0 spiro atoms. The first-order chi connectivity index (χ1) is 8.13. The molecule has 2 aromatic heterocycles. The van der Waals surface area contributed by atoms with Crippen molar-refractivity contribution in [3.8, 4) is 0 Å². The van der Waals surface area contributed by atoms with Gasteiger partial charge in [0.1, 0.15) is 0 Å². The van der Waals surface area contributed by atoms with Crippen LogP contribution in [0.25, 0.3) is 0 Å². The number of hydrogen-bond donors (Lipinski definition) is 1. The van der Waals surface area contributed by atoms with E-state index in [2.05, 4.69) is 43.9 Å². The fourth-order valence-corrected chi connectivity index (χ4v) is 2.45. The minimum absolute atomic E-state index is 0.676. The SMILES string of the molecule is Cc1nn(C)c(Cn2cccc2CCN)c1Br. The maximum Gasteiger partial charge on any atom is 0.0739 e. The zero-order chi connectivity index (χ0) is 12.4. The number of halogens is 1.